The average Bonchev–Trinajstić information content (AvgIpc) is 2.79. The van der Waals surface area contributed by atoms with Gasteiger partial charge < -0.3 is 15.4 Å². The van der Waals surface area contributed by atoms with Crippen LogP contribution in [0, 0.1) is 0 Å². The Morgan fingerprint density at radius 3 is 2.70 bits per heavy atom. The van der Waals surface area contributed by atoms with E-state index in [1.807, 2.05) is 29.8 Å². The van der Waals surface area contributed by atoms with E-state index in [1.54, 1.807) is 24.5 Å². The molecule has 2 heterocycles. The lowest BCUT2D eigenvalue weighted by Crippen LogP contribution is -2.17. The highest BCUT2D eigenvalue weighted by molar-refractivity contribution is 5.74. The summed E-state index contributed by atoms with van der Waals surface area (Å²) in [5.41, 5.74) is 9.21. The summed E-state index contributed by atoms with van der Waals surface area (Å²) in [5.74, 6) is 1.09. The molecule has 20 heavy (non-hydrogen) atoms. The number of imidazole rings is 1. The van der Waals surface area contributed by atoms with Gasteiger partial charge in [-0.1, -0.05) is 12.1 Å². The number of fused-ring (bicyclic) bond motifs is 1. The minimum absolute atomic E-state index is 0.197. The van der Waals surface area contributed by atoms with E-state index in [0.29, 0.717) is 6.42 Å². The maximum absolute atomic E-state index is 9.29. The fourth-order valence-corrected chi connectivity index (χ4v) is 2.36. The second-order valence-electron chi connectivity index (χ2n) is 4.87. The number of nitrogens with zero attached hydrogens (tertiary/aromatic N) is 3. The van der Waals surface area contributed by atoms with Gasteiger partial charge >= 0.3 is 0 Å². The van der Waals surface area contributed by atoms with Crippen LogP contribution in [0.1, 0.15) is 17.4 Å². The van der Waals surface area contributed by atoms with Crippen molar-refractivity contribution in [2.45, 2.75) is 12.5 Å². The molecule has 0 aliphatic heterocycles. The van der Waals surface area contributed by atoms with Crippen molar-refractivity contribution >= 4 is 11.0 Å². The third kappa shape index (κ3) is 2.23. The van der Waals surface area contributed by atoms with Crippen LogP contribution in [-0.4, -0.2) is 19.6 Å². The third-order valence-electron chi connectivity index (χ3n) is 3.44. The molecular weight excluding hydrogens is 252 g/mol. The van der Waals surface area contributed by atoms with Crippen molar-refractivity contribution in [3.05, 3.63) is 54.1 Å². The molecular formula is C15H16N4O. The van der Waals surface area contributed by atoms with Gasteiger partial charge in [-0.15, -0.1) is 0 Å². The number of aromatic nitrogens is 3. The first-order chi connectivity index (χ1) is 9.65. The molecule has 0 aliphatic rings. The van der Waals surface area contributed by atoms with Crippen LogP contribution in [0.3, 0.4) is 0 Å². The number of aromatic hydroxyl groups is 1. The van der Waals surface area contributed by atoms with Crippen molar-refractivity contribution in [2.24, 2.45) is 12.8 Å². The molecule has 0 aliphatic carbocycles. The van der Waals surface area contributed by atoms with E-state index in [0.717, 1.165) is 22.4 Å². The average molecular weight is 268 g/mol. The van der Waals surface area contributed by atoms with Crippen molar-refractivity contribution in [1.82, 2.24) is 14.5 Å². The smallest absolute Gasteiger partial charge is 0.126 e. The number of hydrogen-bond donors (Lipinski definition) is 2. The van der Waals surface area contributed by atoms with Crippen LogP contribution in [0.15, 0.2) is 42.7 Å². The molecule has 3 rings (SSSR count). The van der Waals surface area contributed by atoms with Crippen LogP contribution in [0.25, 0.3) is 11.0 Å². The van der Waals surface area contributed by atoms with Gasteiger partial charge in [0.05, 0.1) is 23.3 Å². The van der Waals surface area contributed by atoms with Crippen LogP contribution in [0.5, 0.6) is 5.75 Å². The van der Waals surface area contributed by atoms with Gasteiger partial charge in [-0.3, -0.25) is 4.98 Å². The maximum Gasteiger partial charge on any atom is 0.126 e. The van der Waals surface area contributed by atoms with E-state index < -0.39 is 0 Å². The van der Waals surface area contributed by atoms with E-state index >= 15 is 0 Å². The Bertz CT molecular complexity index is 733. The standard InChI is InChI=1S/C15H16N4O/c1-19-14-9-17-7-6-13(14)18-15(19)12(16)8-10-2-4-11(20)5-3-10/h2-7,9,12,20H,8,16H2,1H3. The molecule has 2 aromatic heterocycles. The van der Waals surface area contributed by atoms with E-state index in [2.05, 4.69) is 9.97 Å². The number of pyridine rings is 1. The molecule has 0 amide bonds. The lowest BCUT2D eigenvalue weighted by atomic mass is 10.1. The Kier molecular flexibility index (Phi) is 3.12. The number of phenols is 1. The SMILES string of the molecule is Cn1c(C(N)Cc2ccc(O)cc2)nc2ccncc21. The molecule has 102 valence electrons. The summed E-state index contributed by atoms with van der Waals surface area (Å²) in [6.45, 7) is 0. The molecule has 0 saturated heterocycles. The van der Waals surface area contributed by atoms with Gasteiger partial charge in [0, 0.05) is 13.2 Å². The molecule has 0 bridgehead atoms. The highest BCUT2D eigenvalue weighted by atomic mass is 16.3. The third-order valence-corrected chi connectivity index (χ3v) is 3.44. The minimum atomic E-state index is -0.197. The molecule has 0 fully saturated rings. The van der Waals surface area contributed by atoms with Crippen molar-refractivity contribution in [2.75, 3.05) is 0 Å². The van der Waals surface area contributed by atoms with E-state index in [4.69, 9.17) is 5.73 Å². The summed E-state index contributed by atoms with van der Waals surface area (Å²) in [6.07, 6.45) is 4.19. The van der Waals surface area contributed by atoms with Crippen LogP contribution >= 0.6 is 0 Å². The number of rotatable bonds is 3. The van der Waals surface area contributed by atoms with Gasteiger partial charge in [-0.25, -0.2) is 4.98 Å². The summed E-state index contributed by atoms with van der Waals surface area (Å²) in [7, 11) is 1.95. The topological polar surface area (TPSA) is 77.0 Å². The number of nitrogens with two attached hydrogens (primary N) is 1. The Balaban J connectivity index is 1.90. The highest BCUT2D eigenvalue weighted by Crippen LogP contribution is 2.21. The fraction of sp³-hybridized carbons (Fsp3) is 0.200. The molecule has 3 aromatic rings. The van der Waals surface area contributed by atoms with Crippen LogP contribution in [-0.2, 0) is 13.5 Å². The maximum atomic E-state index is 9.29. The Morgan fingerprint density at radius 1 is 1.25 bits per heavy atom. The van der Waals surface area contributed by atoms with Crippen molar-refractivity contribution in [1.29, 1.82) is 0 Å². The molecule has 0 radical (unpaired) electrons. The van der Waals surface area contributed by atoms with E-state index in [1.165, 1.54) is 0 Å². The van der Waals surface area contributed by atoms with Gasteiger partial charge in [-0.2, -0.15) is 0 Å². The lowest BCUT2D eigenvalue weighted by molar-refractivity contribution is 0.475. The van der Waals surface area contributed by atoms with Gasteiger partial charge in [0.1, 0.15) is 11.6 Å². The van der Waals surface area contributed by atoms with Crippen LogP contribution < -0.4 is 5.73 Å². The first-order valence-corrected chi connectivity index (χ1v) is 6.45. The summed E-state index contributed by atoms with van der Waals surface area (Å²) in [5, 5.41) is 9.29. The first-order valence-electron chi connectivity index (χ1n) is 6.45. The van der Waals surface area contributed by atoms with E-state index in [-0.39, 0.29) is 11.8 Å². The molecule has 1 atom stereocenters. The predicted molar refractivity (Wildman–Crippen MR) is 77.2 cm³/mol. The summed E-state index contributed by atoms with van der Waals surface area (Å²) >= 11 is 0. The zero-order valence-corrected chi connectivity index (χ0v) is 11.2. The lowest BCUT2D eigenvalue weighted by Gasteiger charge is -2.11. The second kappa shape index (κ2) is 4.94. The quantitative estimate of drug-likeness (QED) is 0.760. The number of aryl methyl sites for hydroxylation is 1. The van der Waals surface area contributed by atoms with Crippen LogP contribution in [0.2, 0.25) is 0 Å². The molecule has 3 N–H and O–H groups in total. The Morgan fingerprint density at radius 2 is 2.00 bits per heavy atom. The van der Waals surface area contributed by atoms with Crippen molar-refractivity contribution in [3.8, 4) is 5.75 Å². The molecule has 1 unspecified atom stereocenters. The van der Waals surface area contributed by atoms with Crippen molar-refractivity contribution in [3.63, 3.8) is 0 Å². The molecule has 5 heteroatoms. The summed E-state index contributed by atoms with van der Waals surface area (Å²) in [4.78, 5) is 8.69. The number of phenolic OH excluding ortho intramolecular Hbond substituents is 1. The van der Waals surface area contributed by atoms with Gasteiger partial charge in [0.15, 0.2) is 0 Å². The summed E-state index contributed by atoms with van der Waals surface area (Å²) in [6, 6.07) is 8.77. The monoisotopic (exact) mass is 268 g/mol. The summed E-state index contributed by atoms with van der Waals surface area (Å²) < 4.78 is 1.98. The second-order valence-corrected chi connectivity index (χ2v) is 4.87. The minimum Gasteiger partial charge on any atom is -0.508 e. The predicted octanol–water partition coefficient (Wildman–Crippen LogP) is 1.92. The molecule has 5 nitrogen and oxygen atoms in total. The largest absolute Gasteiger partial charge is 0.508 e. The molecule has 1 aromatic carbocycles. The zero-order valence-electron chi connectivity index (χ0n) is 11.2. The number of hydrogen-bond acceptors (Lipinski definition) is 4. The van der Waals surface area contributed by atoms with Crippen molar-refractivity contribution < 1.29 is 5.11 Å². The molecule has 0 spiro atoms. The highest BCUT2D eigenvalue weighted by Gasteiger charge is 2.15. The van der Waals surface area contributed by atoms with Crippen LogP contribution in [0.4, 0.5) is 0 Å². The first kappa shape index (κ1) is 12.6. The Labute approximate surface area is 116 Å². The Hall–Kier alpha value is -2.40. The van der Waals surface area contributed by atoms with Gasteiger partial charge in [0.25, 0.3) is 0 Å². The zero-order chi connectivity index (χ0) is 14.1. The van der Waals surface area contributed by atoms with Gasteiger partial charge in [0.2, 0.25) is 0 Å². The number of benzene rings is 1. The van der Waals surface area contributed by atoms with Gasteiger partial charge in [-0.05, 0) is 30.2 Å². The molecule has 0 saturated carbocycles. The normalized spacial score (nSPS) is 12.7. The van der Waals surface area contributed by atoms with E-state index in [9.17, 15) is 5.11 Å². The fourth-order valence-electron chi connectivity index (χ4n) is 2.36.